The molecule has 4 heteroatoms. The lowest BCUT2D eigenvalue weighted by atomic mass is 9.83. The van der Waals surface area contributed by atoms with Gasteiger partial charge in [-0.3, -0.25) is 4.90 Å². The predicted octanol–water partition coefficient (Wildman–Crippen LogP) is 3.61. The molecule has 0 aliphatic carbocycles. The van der Waals surface area contributed by atoms with E-state index in [0.29, 0.717) is 23.4 Å². The van der Waals surface area contributed by atoms with Crippen molar-refractivity contribution in [2.24, 2.45) is 0 Å². The van der Waals surface area contributed by atoms with E-state index in [9.17, 15) is 8.78 Å². The van der Waals surface area contributed by atoms with Crippen LogP contribution in [0.2, 0.25) is 0 Å². The van der Waals surface area contributed by atoms with E-state index < -0.39 is 11.6 Å². The van der Waals surface area contributed by atoms with E-state index in [1.807, 2.05) is 0 Å². The summed E-state index contributed by atoms with van der Waals surface area (Å²) in [6.07, 6.45) is 6.58. The van der Waals surface area contributed by atoms with Crippen LogP contribution in [0.3, 0.4) is 0 Å². The van der Waals surface area contributed by atoms with E-state index in [1.54, 1.807) is 0 Å². The van der Waals surface area contributed by atoms with Crippen molar-refractivity contribution in [1.29, 1.82) is 0 Å². The van der Waals surface area contributed by atoms with Crippen molar-refractivity contribution in [3.63, 3.8) is 0 Å². The molecule has 2 unspecified atom stereocenters. The summed E-state index contributed by atoms with van der Waals surface area (Å²) in [6, 6.07) is 3.29. The Bertz CT molecular complexity index is 556. The number of likely N-dealkylation sites (N-methyl/N-ethyl adjacent to an activating group) is 1. The third-order valence-electron chi connectivity index (χ3n) is 4.57. The molecule has 1 aromatic rings. The number of fused-ring (bicyclic) bond motifs is 2. The van der Waals surface area contributed by atoms with Gasteiger partial charge in [0, 0.05) is 23.7 Å². The average Bonchev–Trinajstić information content (AvgIpc) is 2.41. The molecule has 0 aromatic heterocycles. The van der Waals surface area contributed by atoms with Crippen LogP contribution in [-0.2, 0) is 0 Å². The molecule has 2 aliphatic rings. The zero-order chi connectivity index (χ0) is 14.3. The highest BCUT2D eigenvalue weighted by atomic mass is 19.2. The minimum Gasteiger partial charge on any atom is -0.496 e. The van der Waals surface area contributed by atoms with E-state index in [4.69, 9.17) is 4.74 Å². The number of methoxy groups -OCH3 is 1. The Balaban J connectivity index is 2.03. The number of benzene rings is 1. The number of hydrogen-bond donors (Lipinski definition) is 0. The lowest BCUT2D eigenvalue weighted by Crippen LogP contribution is -2.45. The molecule has 108 valence electrons. The van der Waals surface area contributed by atoms with Gasteiger partial charge in [0.1, 0.15) is 5.75 Å². The van der Waals surface area contributed by atoms with Gasteiger partial charge in [0.15, 0.2) is 11.6 Å². The lowest BCUT2D eigenvalue weighted by Gasteiger charge is -2.43. The van der Waals surface area contributed by atoms with Gasteiger partial charge in [-0.1, -0.05) is 12.5 Å². The van der Waals surface area contributed by atoms with Gasteiger partial charge in [0.2, 0.25) is 0 Å². The maximum absolute atomic E-state index is 13.5. The smallest absolute Gasteiger partial charge is 0.162 e. The van der Waals surface area contributed by atoms with Crippen molar-refractivity contribution >= 4 is 5.57 Å². The number of piperidine rings is 1. The molecule has 2 heterocycles. The molecule has 0 N–H and O–H groups in total. The fourth-order valence-electron chi connectivity index (χ4n) is 3.39. The maximum atomic E-state index is 13.5. The molecule has 2 atom stereocenters. The van der Waals surface area contributed by atoms with Gasteiger partial charge in [-0.15, -0.1) is 0 Å². The van der Waals surface area contributed by atoms with Crippen molar-refractivity contribution in [2.45, 2.75) is 37.8 Å². The van der Waals surface area contributed by atoms with Crippen LogP contribution in [0.25, 0.3) is 5.57 Å². The molecular weight excluding hydrogens is 260 g/mol. The average molecular weight is 279 g/mol. The van der Waals surface area contributed by atoms with Crippen molar-refractivity contribution in [3.8, 4) is 5.75 Å². The maximum Gasteiger partial charge on any atom is 0.162 e. The zero-order valence-corrected chi connectivity index (χ0v) is 11.8. The molecule has 0 saturated carbocycles. The zero-order valence-electron chi connectivity index (χ0n) is 11.8. The highest BCUT2D eigenvalue weighted by Gasteiger charge is 2.32. The minimum absolute atomic E-state index is 0.398. The second kappa shape index (κ2) is 5.17. The molecule has 3 rings (SSSR count). The van der Waals surface area contributed by atoms with Gasteiger partial charge in [-0.05, 0) is 37.9 Å². The van der Waals surface area contributed by atoms with Crippen molar-refractivity contribution in [3.05, 3.63) is 35.4 Å². The van der Waals surface area contributed by atoms with Crippen molar-refractivity contribution < 1.29 is 13.5 Å². The molecule has 2 aliphatic heterocycles. The molecule has 1 fully saturated rings. The van der Waals surface area contributed by atoms with Crippen molar-refractivity contribution in [1.82, 2.24) is 4.90 Å². The van der Waals surface area contributed by atoms with Crippen LogP contribution >= 0.6 is 0 Å². The summed E-state index contributed by atoms with van der Waals surface area (Å²) in [6.45, 7) is 0. The fraction of sp³-hybridized carbons (Fsp3) is 0.500. The molecule has 0 spiro atoms. The van der Waals surface area contributed by atoms with E-state index >= 15 is 0 Å². The summed E-state index contributed by atoms with van der Waals surface area (Å²) < 4.78 is 32.1. The highest BCUT2D eigenvalue weighted by Crippen LogP contribution is 2.39. The Labute approximate surface area is 118 Å². The first-order chi connectivity index (χ1) is 9.60. The second-order valence-corrected chi connectivity index (χ2v) is 5.68. The van der Waals surface area contributed by atoms with Crippen LogP contribution in [0, 0.1) is 11.6 Å². The van der Waals surface area contributed by atoms with Crippen LogP contribution in [0.4, 0.5) is 8.78 Å². The van der Waals surface area contributed by atoms with Crippen LogP contribution < -0.4 is 4.74 Å². The van der Waals surface area contributed by atoms with E-state index in [0.717, 1.165) is 30.9 Å². The largest absolute Gasteiger partial charge is 0.496 e. The summed E-state index contributed by atoms with van der Waals surface area (Å²) in [5, 5.41) is 0. The molecular formula is C16H19F2NO. The number of halogens is 2. The van der Waals surface area contributed by atoms with Gasteiger partial charge in [0.05, 0.1) is 7.11 Å². The molecule has 1 aromatic carbocycles. The summed E-state index contributed by atoms with van der Waals surface area (Å²) in [7, 11) is 3.64. The van der Waals surface area contributed by atoms with Crippen LogP contribution in [0.1, 0.15) is 31.2 Å². The quantitative estimate of drug-likeness (QED) is 0.820. The minimum atomic E-state index is -0.862. The highest BCUT2D eigenvalue weighted by molar-refractivity contribution is 5.72. The van der Waals surface area contributed by atoms with Crippen molar-refractivity contribution in [2.75, 3.05) is 14.2 Å². The third-order valence-corrected chi connectivity index (χ3v) is 4.57. The molecule has 20 heavy (non-hydrogen) atoms. The summed E-state index contributed by atoms with van der Waals surface area (Å²) in [5.74, 6) is -1.26. The number of ether oxygens (including phenoxy) is 1. The number of rotatable bonds is 2. The fourth-order valence-corrected chi connectivity index (χ4v) is 3.39. The first kappa shape index (κ1) is 13.6. The van der Waals surface area contributed by atoms with Gasteiger partial charge < -0.3 is 4.74 Å². The van der Waals surface area contributed by atoms with Gasteiger partial charge in [0.25, 0.3) is 0 Å². The topological polar surface area (TPSA) is 12.5 Å². The molecule has 0 amide bonds. The second-order valence-electron chi connectivity index (χ2n) is 5.68. The molecule has 2 nitrogen and oxygen atoms in total. The number of nitrogens with zero attached hydrogens (tertiary/aromatic N) is 1. The molecule has 1 saturated heterocycles. The Morgan fingerprint density at radius 3 is 2.65 bits per heavy atom. The predicted molar refractivity (Wildman–Crippen MR) is 74.7 cm³/mol. The summed E-state index contributed by atoms with van der Waals surface area (Å²) in [5.41, 5.74) is 1.77. The van der Waals surface area contributed by atoms with E-state index in [1.165, 1.54) is 19.6 Å². The SMILES string of the molecule is COc1cc(F)c(F)cc1C1=CC2CCCC(C1)N2C. The van der Waals surface area contributed by atoms with Crippen LogP contribution in [0.15, 0.2) is 18.2 Å². The van der Waals surface area contributed by atoms with Gasteiger partial charge >= 0.3 is 0 Å². The monoisotopic (exact) mass is 279 g/mol. The summed E-state index contributed by atoms with van der Waals surface area (Å²) >= 11 is 0. The van der Waals surface area contributed by atoms with Crippen LogP contribution in [0.5, 0.6) is 5.75 Å². The first-order valence-corrected chi connectivity index (χ1v) is 7.06. The van der Waals surface area contributed by atoms with Crippen LogP contribution in [-0.4, -0.2) is 31.1 Å². The third kappa shape index (κ3) is 2.22. The van der Waals surface area contributed by atoms with Gasteiger partial charge in [-0.25, -0.2) is 8.78 Å². The Hall–Kier alpha value is -1.42. The normalized spacial score (nSPS) is 26.3. The first-order valence-electron chi connectivity index (χ1n) is 7.06. The van der Waals surface area contributed by atoms with E-state index in [-0.39, 0.29) is 0 Å². The Morgan fingerprint density at radius 2 is 1.95 bits per heavy atom. The summed E-state index contributed by atoms with van der Waals surface area (Å²) in [4.78, 5) is 2.39. The Morgan fingerprint density at radius 1 is 1.20 bits per heavy atom. The van der Waals surface area contributed by atoms with Gasteiger partial charge in [-0.2, -0.15) is 0 Å². The number of hydrogen-bond acceptors (Lipinski definition) is 2. The molecule has 0 radical (unpaired) electrons. The van der Waals surface area contributed by atoms with E-state index in [2.05, 4.69) is 18.0 Å². The lowest BCUT2D eigenvalue weighted by molar-refractivity contribution is 0.137. The standard InChI is InChI=1S/C16H19F2NO/c1-19-11-4-3-5-12(19)7-10(6-11)13-8-14(17)15(18)9-16(13)20-2/h6,8-9,11-12H,3-5,7H2,1-2H3. The Kier molecular flexibility index (Phi) is 3.50. The molecule has 2 bridgehead atoms.